The van der Waals surface area contributed by atoms with E-state index in [1.807, 2.05) is 42.5 Å². The van der Waals surface area contributed by atoms with Gasteiger partial charge in [-0.3, -0.25) is 9.59 Å². The molecule has 1 amide bonds. The molecule has 0 radical (unpaired) electrons. The van der Waals surface area contributed by atoms with Crippen molar-refractivity contribution in [2.24, 2.45) is 0 Å². The number of fused-ring (bicyclic) bond motifs is 1. The Labute approximate surface area is 139 Å². The number of ether oxygens (including phenoxy) is 2. The molecule has 0 saturated carbocycles. The minimum Gasteiger partial charge on any atom is -0.455 e. The molecule has 122 valence electrons. The van der Waals surface area contributed by atoms with Crippen LogP contribution < -0.4 is 5.32 Å². The van der Waals surface area contributed by atoms with Crippen LogP contribution in [0.3, 0.4) is 0 Å². The first kappa shape index (κ1) is 17.3. The first-order valence-electron chi connectivity index (χ1n) is 7.22. The largest absolute Gasteiger partial charge is 0.455 e. The lowest BCUT2D eigenvalue weighted by molar-refractivity contribution is -0.145. The summed E-state index contributed by atoms with van der Waals surface area (Å²) in [7, 11) is 1.55. The highest BCUT2D eigenvalue weighted by Crippen LogP contribution is 2.23. The van der Waals surface area contributed by atoms with Gasteiger partial charge in [-0.2, -0.15) is 0 Å². The van der Waals surface area contributed by atoms with Gasteiger partial charge in [0.1, 0.15) is 0 Å². The minimum absolute atomic E-state index is 0.170. The highest BCUT2D eigenvalue weighted by Gasteiger charge is 2.08. The van der Waals surface area contributed by atoms with Gasteiger partial charge in [-0.25, -0.2) is 0 Å². The Morgan fingerprint density at radius 3 is 2.70 bits per heavy atom. The zero-order valence-corrected chi connectivity index (χ0v) is 13.7. The van der Waals surface area contributed by atoms with E-state index in [9.17, 15) is 9.59 Å². The smallest absolute Gasteiger partial charge is 0.316 e. The molecule has 0 aliphatic heterocycles. The number of hydrogen-bond acceptors (Lipinski definition) is 5. The van der Waals surface area contributed by atoms with Crippen molar-refractivity contribution in [3.05, 3.63) is 42.5 Å². The van der Waals surface area contributed by atoms with Crippen LogP contribution in [-0.2, 0) is 19.1 Å². The highest BCUT2D eigenvalue weighted by atomic mass is 32.2. The second-order valence-corrected chi connectivity index (χ2v) is 5.85. The Morgan fingerprint density at radius 1 is 1.13 bits per heavy atom. The lowest BCUT2D eigenvalue weighted by Crippen LogP contribution is -2.31. The Kier molecular flexibility index (Phi) is 6.90. The molecule has 0 unspecified atom stereocenters. The Hall–Kier alpha value is -2.05. The fourth-order valence-electron chi connectivity index (χ4n) is 1.93. The van der Waals surface area contributed by atoms with E-state index in [0.29, 0.717) is 13.2 Å². The number of hydrogen-bond donors (Lipinski definition) is 1. The molecule has 0 heterocycles. The first-order chi connectivity index (χ1) is 11.2. The fourth-order valence-corrected chi connectivity index (χ4v) is 2.67. The maximum Gasteiger partial charge on any atom is 0.316 e. The van der Waals surface area contributed by atoms with Crippen molar-refractivity contribution in [1.82, 2.24) is 5.32 Å². The molecular formula is C17H19NO4S. The predicted octanol–water partition coefficient (Wildman–Crippen LogP) is 2.24. The van der Waals surface area contributed by atoms with Crippen LogP contribution in [0, 0.1) is 0 Å². The summed E-state index contributed by atoms with van der Waals surface area (Å²) in [5.41, 5.74) is 0. The van der Waals surface area contributed by atoms with Crippen LogP contribution in [0.2, 0.25) is 0 Å². The van der Waals surface area contributed by atoms with Crippen molar-refractivity contribution < 1.29 is 19.1 Å². The summed E-state index contributed by atoms with van der Waals surface area (Å²) in [4.78, 5) is 24.0. The van der Waals surface area contributed by atoms with Gasteiger partial charge < -0.3 is 14.8 Å². The average Bonchev–Trinajstić information content (AvgIpc) is 2.58. The van der Waals surface area contributed by atoms with Gasteiger partial charge in [-0.05, 0) is 22.9 Å². The van der Waals surface area contributed by atoms with Gasteiger partial charge >= 0.3 is 5.97 Å². The van der Waals surface area contributed by atoms with Crippen molar-refractivity contribution in [2.45, 2.75) is 4.90 Å². The van der Waals surface area contributed by atoms with Crippen molar-refractivity contribution in [3.63, 3.8) is 0 Å². The number of esters is 1. The third kappa shape index (κ3) is 5.92. The molecule has 6 heteroatoms. The number of methoxy groups -OCH3 is 1. The van der Waals surface area contributed by atoms with Gasteiger partial charge in [0, 0.05) is 18.6 Å². The molecule has 0 aliphatic rings. The molecule has 0 aliphatic carbocycles. The van der Waals surface area contributed by atoms with Crippen LogP contribution in [0.25, 0.3) is 10.8 Å². The molecule has 5 nitrogen and oxygen atoms in total. The van der Waals surface area contributed by atoms with E-state index in [-0.39, 0.29) is 18.3 Å². The summed E-state index contributed by atoms with van der Waals surface area (Å²) in [6.07, 6.45) is 0. The topological polar surface area (TPSA) is 64.6 Å². The fraction of sp³-hybridized carbons (Fsp3) is 0.294. The predicted molar refractivity (Wildman–Crippen MR) is 90.5 cm³/mol. The van der Waals surface area contributed by atoms with Gasteiger partial charge in [-0.1, -0.05) is 30.3 Å². The first-order valence-corrected chi connectivity index (χ1v) is 8.20. The molecule has 2 aromatic carbocycles. The molecule has 1 N–H and O–H groups in total. The van der Waals surface area contributed by atoms with Gasteiger partial charge in [0.25, 0.3) is 5.91 Å². The van der Waals surface area contributed by atoms with Gasteiger partial charge in [0.15, 0.2) is 6.61 Å². The monoisotopic (exact) mass is 333 g/mol. The summed E-state index contributed by atoms with van der Waals surface area (Å²) in [5.74, 6) is -0.569. The average molecular weight is 333 g/mol. The summed E-state index contributed by atoms with van der Waals surface area (Å²) in [6.45, 7) is 0.567. The molecule has 0 saturated heterocycles. The Morgan fingerprint density at radius 2 is 1.91 bits per heavy atom. The van der Waals surface area contributed by atoms with Crippen molar-refractivity contribution >= 4 is 34.4 Å². The van der Waals surface area contributed by atoms with Crippen LogP contribution in [-0.4, -0.2) is 44.5 Å². The van der Waals surface area contributed by atoms with E-state index in [1.165, 1.54) is 11.8 Å². The maximum absolute atomic E-state index is 11.7. The lowest BCUT2D eigenvalue weighted by atomic mass is 10.1. The number of benzene rings is 2. The summed E-state index contributed by atoms with van der Waals surface area (Å²) in [6, 6.07) is 14.1. The number of carbonyl (C=O) groups is 2. The van der Waals surface area contributed by atoms with Gasteiger partial charge in [0.05, 0.1) is 12.4 Å². The van der Waals surface area contributed by atoms with E-state index >= 15 is 0 Å². The van der Waals surface area contributed by atoms with Crippen LogP contribution in [0.5, 0.6) is 0 Å². The van der Waals surface area contributed by atoms with Crippen molar-refractivity contribution in [3.8, 4) is 0 Å². The van der Waals surface area contributed by atoms with E-state index < -0.39 is 5.97 Å². The zero-order chi connectivity index (χ0) is 16.5. The highest BCUT2D eigenvalue weighted by molar-refractivity contribution is 8.00. The molecule has 2 aromatic rings. The number of amides is 1. The lowest BCUT2D eigenvalue weighted by Gasteiger charge is -2.06. The molecule has 0 bridgehead atoms. The van der Waals surface area contributed by atoms with Gasteiger partial charge in [0.2, 0.25) is 0 Å². The quantitative estimate of drug-likeness (QED) is 0.456. The van der Waals surface area contributed by atoms with Crippen molar-refractivity contribution in [1.29, 1.82) is 0 Å². The normalized spacial score (nSPS) is 10.5. The molecule has 0 atom stereocenters. The van der Waals surface area contributed by atoms with Crippen LogP contribution in [0.4, 0.5) is 0 Å². The van der Waals surface area contributed by atoms with Gasteiger partial charge in [-0.15, -0.1) is 11.8 Å². The molecule has 0 spiro atoms. The number of thioether (sulfide) groups is 1. The molecule has 23 heavy (non-hydrogen) atoms. The third-order valence-corrected chi connectivity index (χ3v) is 4.04. The summed E-state index contributed by atoms with van der Waals surface area (Å²) < 4.78 is 9.74. The number of rotatable bonds is 8. The van der Waals surface area contributed by atoms with Crippen LogP contribution >= 0.6 is 11.8 Å². The van der Waals surface area contributed by atoms with Crippen LogP contribution in [0.1, 0.15) is 0 Å². The minimum atomic E-state index is -0.412. The van der Waals surface area contributed by atoms with E-state index in [4.69, 9.17) is 9.47 Å². The summed E-state index contributed by atoms with van der Waals surface area (Å²) in [5, 5.41) is 4.87. The number of carbonyl (C=O) groups excluding carboxylic acids is 2. The Bertz CT molecular complexity index is 674. The summed E-state index contributed by atoms with van der Waals surface area (Å²) >= 11 is 1.39. The SMILES string of the molecule is COCCNC(=O)COC(=O)CSc1ccc2ccccc2c1. The van der Waals surface area contributed by atoms with E-state index in [1.54, 1.807) is 7.11 Å². The Balaban J connectivity index is 1.74. The molecular weight excluding hydrogens is 314 g/mol. The second-order valence-electron chi connectivity index (χ2n) is 4.80. The maximum atomic E-state index is 11.7. The molecule has 0 aromatic heterocycles. The molecule has 2 rings (SSSR count). The van der Waals surface area contributed by atoms with E-state index in [0.717, 1.165) is 15.7 Å². The number of nitrogens with one attached hydrogen (secondary N) is 1. The molecule has 0 fully saturated rings. The van der Waals surface area contributed by atoms with Crippen molar-refractivity contribution in [2.75, 3.05) is 32.6 Å². The third-order valence-electron chi connectivity index (χ3n) is 3.07. The van der Waals surface area contributed by atoms with Crippen LogP contribution in [0.15, 0.2) is 47.4 Å². The zero-order valence-electron chi connectivity index (χ0n) is 12.9. The van der Waals surface area contributed by atoms with E-state index in [2.05, 4.69) is 5.32 Å². The standard InChI is InChI=1S/C17H19NO4S/c1-21-9-8-18-16(19)11-22-17(20)12-23-15-7-6-13-4-2-3-5-14(13)10-15/h2-7,10H,8-9,11-12H2,1H3,(H,18,19). The second kappa shape index (κ2) is 9.17.